The second-order valence-corrected chi connectivity index (χ2v) is 12.2. The van der Waals surface area contributed by atoms with E-state index in [9.17, 15) is 14.9 Å². The van der Waals surface area contributed by atoms with Crippen LogP contribution in [0.1, 0.15) is 40.8 Å². The van der Waals surface area contributed by atoms with Crippen LogP contribution in [-0.4, -0.2) is 28.8 Å². The molecule has 0 saturated heterocycles. The number of thiazole rings is 1. The number of fused-ring (bicyclic) bond motifs is 2. The predicted molar refractivity (Wildman–Crippen MR) is 186 cm³/mol. The standard InChI is InChI=1S/C39H30N4O4S/c1-3-47-38(45)34-35(25-11-5-4-6-12-25)41-39-43(36(34)26-17-19-30(46-2)20-18-26)37(44)33(48-39)21-29-24-42(32-16-10-9-15-31(29)32)23-28-14-8-7-13-27(28)22-40/h4-21,24,36H,3,23H2,1-2H3/b33-21+/t36-/m0/s1. The first kappa shape index (κ1) is 30.7. The van der Waals surface area contributed by atoms with Crippen LogP contribution in [0.2, 0.25) is 0 Å². The van der Waals surface area contributed by atoms with Crippen LogP contribution in [0.15, 0.2) is 125 Å². The van der Waals surface area contributed by atoms with E-state index in [2.05, 4.69) is 10.6 Å². The van der Waals surface area contributed by atoms with Gasteiger partial charge >= 0.3 is 5.97 Å². The largest absolute Gasteiger partial charge is 0.497 e. The Bertz CT molecular complexity index is 2430. The summed E-state index contributed by atoms with van der Waals surface area (Å²) < 4.78 is 15.2. The Balaban J connectivity index is 1.45. The highest BCUT2D eigenvalue weighted by molar-refractivity contribution is 7.07. The zero-order valence-corrected chi connectivity index (χ0v) is 27.1. The number of hydrogen-bond acceptors (Lipinski definition) is 7. The van der Waals surface area contributed by atoms with Crippen molar-refractivity contribution in [2.45, 2.75) is 19.5 Å². The molecule has 0 spiro atoms. The number of esters is 1. The predicted octanol–water partition coefficient (Wildman–Crippen LogP) is 5.82. The van der Waals surface area contributed by atoms with Crippen LogP contribution in [0.4, 0.5) is 0 Å². The van der Waals surface area contributed by atoms with Gasteiger partial charge in [0.05, 0.1) is 47.2 Å². The lowest BCUT2D eigenvalue weighted by Crippen LogP contribution is -2.40. The number of carbonyl (C=O) groups excluding carboxylic acids is 1. The van der Waals surface area contributed by atoms with Gasteiger partial charge in [-0.1, -0.05) is 90.2 Å². The number of benzene rings is 4. The van der Waals surface area contributed by atoms with Gasteiger partial charge in [0.2, 0.25) is 0 Å². The van der Waals surface area contributed by atoms with Gasteiger partial charge in [0, 0.05) is 34.8 Å². The molecule has 236 valence electrons. The minimum atomic E-state index is -0.785. The maximum Gasteiger partial charge on any atom is 0.338 e. The van der Waals surface area contributed by atoms with E-state index < -0.39 is 12.0 Å². The summed E-state index contributed by atoms with van der Waals surface area (Å²) in [4.78, 5) is 33.6. The van der Waals surface area contributed by atoms with Crippen molar-refractivity contribution in [3.8, 4) is 11.8 Å². The summed E-state index contributed by atoms with van der Waals surface area (Å²) in [6.45, 7) is 2.43. The first-order valence-electron chi connectivity index (χ1n) is 15.5. The zero-order valence-electron chi connectivity index (χ0n) is 26.3. The number of rotatable bonds is 8. The Kier molecular flexibility index (Phi) is 8.32. The van der Waals surface area contributed by atoms with E-state index in [4.69, 9.17) is 14.5 Å². The van der Waals surface area contributed by atoms with Crippen molar-refractivity contribution in [3.05, 3.63) is 162 Å². The smallest absolute Gasteiger partial charge is 0.338 e. The quantitative estimate of drug-likeness (QED) is 0.194. The highest BCUT2D eigenvalue weighted by Gasteiger charge is 2.35. The van der Waals surface area contributed by atoms with Crippen LogP contribution in [0, 0.1) is 11.3 Å². The molecular formula is C39H30N4O4S. The molecule has 8 nitrogen and oxygen atoms in total. The lowest BCUT2D eigenvalue weighted by atomic mass is 9.93. The first-order valence-corrected chi connectivity index (χ1v) is 16.3. The van der Waals surface area contributed by atoms with E-state index in [1.165, 1.54) is 11.3 Å². The molecule has 4 aromatic carbocycles. The number of para-hydroxylation sites is 1. The molecular weight excluding hydrogens is 621 g/mol. The van der Waals surface area contributed by atoms with Crippen molar-refractivity contribution in [2.24, 2.45) is 4.99 Å². The number of nitrogens with zero attached hydrogens (tertiary/aromatic N) is 4. The fourth-order valence-electron chi connectivity index (χ4n) is 6.16. The normalized spacial score (nSPS) is 14.4. The average molecular weight is 651 g/mol. The highest BCUT2D eigenvalue weighted by atomic mass is 32.1. The van der Waals surface area contributed by atoms with Crippen LogP contribution < -0.4 is 19.6 Å². The van der Waals surface area contributed by atoms with E-state index in [0.717, 1.165) is 33.2 Å². The molecule has 1 atom stereocenters. The minimum Gasteiger partial charge on any atom is -0.497 e. The lowest BCUT2D eigenvalue weighted by Gasteiger charge is -2.26. The Morgan fingerprint density at radius 1 is 0.979 bits per heavy atom. The van der Waals surface area contributed by atoms with Gasteiger partial charge in [-0.2, -0.15) is 5.26 Å². The van der Waals surface area contributed by atoms with Crippen LogP contribution in [0.25, 0.3) is 22.7 Å². The summed E-state index contributed by atoms with van der Waals surface area (Å²) >= 11 is 1.28. The van der Waals surface area contributed by atoms with Crippen molar-refractivity contribution < 1.29 is 14.3 Å². The van der Waals surface area contributed by atoms with Gasteiger partial charge in [-0.15, -0.1) is 0 Å². The number of nitriles is 1. The highest BCUT2D eigenvalue weighted by Crippen LogP contribution is 2.36. The maximum absolute atomic E-state index is 14.5. The van der Waals surface area contributed by atoms with Gasteiger partial charge in [0.1, 0.15) is 5.75 Å². The van der Waals surface area contributed by atoms with Crippen molar-refractivity contribution in [1.82, 2.24) is 9.13 Å². The Labute approximate surface area is 280 Å². The Morgan fingerprint density at radius 2 is 1.71 bits per heavy atom. The van der Waals surface area contributed by atoms with Crippen molar-refractivity contribution in [3.63, 3.8) is 0 Å². The number of carbonyl (C=O) groups is 1. The molecule has 2 aromatic heterocycles. The van der Waals surface area contributed by atoms with Crippen LogP contribution in [0.5, 0.6) is 5.75 Å². The number of ether oxygens (including phenoxy) is 2. The zero-order chi connectivity index (χ0) is 33.2. The van der Waals surface area contributed by atoms with E-state index in [0.29, 0.717) is 38.5 Å². The van der Waals surface area contributed by atoms with Gasteiger partial charge in [0.25, 0.3) is 5.56 Å². The minimum absolute atomic E-state index is 0.174. The topological polar surface area (TPSA) is 98.6 Å². The van der Waals surface area contributed by atoms with Gasteiger partial charge in [-0.3, -0.25) is 9.36 Å². The van der Waals surface area contributed by atoms with Gasteiger partial charge < -0.3 is 14.0 Å². The van der Waals surface area contributed by atoms with Crippen LogP contribution >= 0.6 is 11.3 Å². The molecule has 7 rings (SSSR count). The fraction of sp³-hybridized carbons (Fsp3) is 0.128. The number of methoxy groups -OCH3 is 1. The van der Waals surface area contributed by atoms with Gasteiger partial charge in [-0.25, -0.2) is 9.79 Å². The number of aromatic nitrogens is 2. The molecule has 0 radical (unpaired) electrons. The molecule has 3 heterocycles. The molecule has 0 amide bonds. The summed E-state index contributed by atoms with van der Waals surface area (Å²) in [7, 11) is 1.59. The molecule has 1 aliphatic heterocycles. The van der Waals surface area contributed by atoms with Gasteiger partial charge in [0.15, 0.2) is 4.80 Å². The molecule has 0 N–H and O–H groups in total. The molecule has 6 aromatic rings. The number of hydrogen-bond donors (Lipinski definition) is 0. The van der Waals surface area contributed by atoms with E-state index in [1.54, 1.807) is 18.6 Å². The van der Waals surface area contributed by atoms with E-state index >= 15 is 0 Å². The molecule has 0 saturated carbocycles. The summed E-state index contributed by atoms with van der Waals surface area (Å²) in [5.74, 6) is 0.126. The maximum atomic E-state index is 14.5. The molecule has 0 unspecified atom stereocenters. The summed E-state index contributed by atoms with van der Waals surface area (Å²) in [5, 5.41) is 10.6. The molecule has 0 bridgehead atoms. The fourth-order valence-corrected chi connectivity index (χ4v) is 7.15. The third kappa shape index (κ3) is 5.52. The molecule has 0 aliphatic carbocycles. The van der Waals surface area contributed by atoms with Crippen molar-refractivity contribution in [2.75, 3.05) is 13.7 Å². The lowest BCUT2D eigenvalue weighted by molar-refractivity contribution is -0.138. The van der Waals surface area contributed by atoms with E-state index in [-0.39, 0.29) is 12.2 Å². The monoisotopic (exact) mass is 650 g/mol. The van der Waals surface area contributed by atoms with E-state index in [1.807, 2.05) is 115 Å². The van der Waals surface area contributed by atoms with Crippen molar-refractivity contribution in [1.29, 1.82) is 5.26 Å². The van der Waals surface area contributed by atoms with Crippen LogP contribution in [-0.2, 0) is 16.1 Å². The second kappa shape index (κ2) is 13.0. The first-order chi connectivity index (χ1) is 23.5. The third-order valence-corrected chi connectivity index (χ3v) is 9.37. The van der Waals surface area contributed by atoms with Gasteiger partial charge in [-0.05, 0) is 48.4 Å². The van der Waals surface area contributed by atoms with Crippen LogP contribution in [0.3, 0.4) is 0 Å². The molecule has 48 heavy (non-hydrogen) atoms. The molecule has 9 heteroatoms. The second-order valence-electron chi connectivity index (χ2n) is 11.2. The summed E-state index contributed by atoms with van der Waals surface area (Å²) in [6.07, 6.45) is 3.90. The third-order valence-electron chi connectivity index (χ3n) is 8.39. The molecule has 1 aliphatic rings. The molecule has 0 fully saturated rings. The Hall–Kier alpha value is -5.98. The Morgan fingerprint density at radius 3 is 2.46 bits per heavy atom. The summed E-state index contributed by atoms with van der Waals surface area (Å²) in [6, 6.07) is 33.9. The summed E-state index contributed by atoms with van der Waals surface area (Å²) in [5.41, 5.74) is 5.34. The van der Waals surface area contributed by atoms with Crippen molar-refractivity contribution >= 4 is 40.0 Å². The average Bonchev–Trinajstić information content (AvgIpc) is 3.64. The SMILES string of the molecule is CCOC(=O)C1=C(c2ccccc2)N=c2s/c(=C/c3cn(Cc4ccccc4C#N)c4ccccc34)c(=O)n2[C@H]1c1ccc(OC)cc1.